The fraction of sp³-hybridized carbons (Fsp3) is 0.667. The van der Waals surface area contributed by atoms with Gasteiger partial charge in [0, 0.05) is 11.5 Å². The number of hydrogen-bond acceptors (Lipinski definition) is 2. The topological polar surface area (TPSA) is 18.5 Å². The molecule has 0 aliphatic heterocycles. The lowest BCUT2D eigenvalue weighted by molar-refractivity contribution is -0.193. The molecule has 0 radical (unpaired) electrons. The van der Waals surface area contributed by atoms with Gasteiger partial charge >= 0.3 is 6.18 Å². The molecule has 1 rings (SSSR count). The number of unbranched alkanes of at least 4 members (excludes halogenated alkanes) is 2. The molecule has 0 saturated carbocycles. The van der Waals surface area contributed by atoms with Crippen molar-refractivity contribution >= 4 is 0 Å². The molecule has 0 aliphatic rings. The number of ether oxygens (including phenoxy) is 2. The van der Waals surface area contributed by atoms with Gasteiger partial charge in [0.2, 0.25) is 0 Å². The minimum Gasteiger partial charge on any atom is -0.497 e. The molecule has 0 bridgehead atoms. The van der Waals surface area contributed by atoms with Crippen LogP contribution < -0.4 is 9.47 Å². The first-order valence-electron chi connectivity index (χ1n) is 7.97. The molecule has 1 unspecified atom stereocenters. The van der Waals surface area contributed by atoms with Gasteiger partial charge in [-0.15, -0.1) is 0 Å². The molecule has 132 valence electrons. The Labute approximate surface area is 137 Å². The van der Waals surface area contributed by atoms with Crippen LogP contribution in [0.15, 0.2) is 18.2 Å². The Balaban J connectivity index is 3.22. The molecule has 1 aromatic carbocycles. The van der Waals surface area contributed by atoms with Gasteiger partial charge in [0.1, 0.15) is 11.5 Å². The predicted octanol–water partition coefficient (Wildman–Crippen LogP) is 5.74. The second-order valence-electron chi connectivity index (χ2n) is 6.41. The number of alkyl halides is 3. The van der Waals surface area contributed by atoms with Gasteiger partial charge in [0.15, 0.2) is 0 Å². The molecule has 0 aromatic heterocycles. The molecule has 0 saturated heterocycles. The molecule has 0 N–H and O–H groups in total. The smallest absolute Gasteiger partial charge is 0.392 e. The van der Waals surface area contributed by atoms with E-state index in [1.54, 1.807) is 32.0 Å². The van der Waals surface area contributed by atoms with Crippen LogP contribution in [-0.2, 0) is 5.41 Å². The number of methoxy groups -OCH3 is 2. The summed E-state index contributed by atoms with van der Waals surface area (Å²) < 4.78 is 51.3. The second-order valence-corrected chi connectivity index (χ2v) is 6.41. The monoisotopic (exact) mass is 332 g/mol. The summed E-state index contributed by atoms with van der Waals surface area (Å²) in [7, 11) is 2.99. The van der Waals surface area contributed by atoms with Crippen LogP contribution in [0.5, 0.6) is 11.5 Å². The second kappa shape index (κ2) is 7.93. The van der Waals surface area contributed by atoms with Gasteiger partial charge in [-0.3, -0.25) is 0 Å². The molecule has 0 heterocycles. The number of benzene rings is 1. The average Bonchev–Trinajstić information content (AvgIpc) is 2.49. The van der Waals surface area contributed by atoms with Crippen LogP contribution in [0.2, 0.25) is 0 Å². The van der Waals surface area contributed by atoms with Crippen molar-refractivity contribution in [2.45, 2.75) is 58.0 Å². The molecular weight excluding hydrogens is 305 g/mol. The van der Waals surface area contributed by atoms with Crippen molar-refractivity contribution in [3.05, 3.63) is 23.8 Å². The van der Waals surface area contributed by atoms with E-state index in [2.05, 4.69) is 0 Å². The average molecular weight is 332 g/mol. The third-order valence-electron chi connectivity index (χ3n) is 4.46. The largest absolute Gasteiger partial charge is 0.497 e. The predicted molar refractivity (Wildman–Crippen MR) is 86.3 cm³/mol. The van der Waals surface area contributed by atoms with Gasteiger partial charge < -0.3 is 9.47 Å². The molecule has 1 aromatic rings. The third-order valence-corrected chi connectivity index (χ3v) is 4.46. The highest BCUT2D eigenvalue weighted by molar-refractivity contribution is 5.42. The number of hydrogen-bond donors (Lipinski definition) is 0. The molecule has 2 nitrogen and oxygen atoms in total. The van der Waals surface area contributed by atoms with Crippen LogP contribution in [-0.4, -0.2) is 20.4 Å². The maximum absolute atomic E-state index is 13.6. The van der Waals surface area contributed by atoms with E-state index in [0.717, 1.165) is 12.8 Å². The van der Waals surface area contributed by atoms with E-state index in [1.807, 2.05) is 6.92 Å². The zero-order valence-electron chi connectivity index (χ0n) is 14.6. The minimum atomic E-state index is -4.24. The first-order chi connectivity index (χ1) is 10.7. The van der Waals surface area contributed by atoms with Crippen molar-refractivity contribution < 1.29 is 22.6 Å². The summed E-state index contributed by atoms with van der Waals surface area (Å²) in [4.78, 5) is 0. The minimum absolute atomic E-state index is 0.129. The van der Waals surface area contributed by atoms with Gasteiger partial charge in [-0.05, 0) is 24.1 Å². The van der Waals surface area contributed by atoms with Gasteiger partial charge in [-0.2, -0.15) is 13.2 Å². The van der Waals surface area contributed by atoms with E-state index < -0.39 is 17.5 Å². The lowest BCUT2D eigenvalue weighted by atomic mass is 9.70. The van der Waals surface area contributed by atoms with E-state index in [0.29, 0.717) is 23.5 Å². The highest BCUT2D eigenvalue weighted by atomic mass is 19.4. The number of rotatable bonds is 8. The molecule has 0 fully saturated rings. The van der Waals surface area contributed by atoms with E-state index in [9.17, 15) is 13.2 Å². The summed E-state index contributed by atoms with van der Waals surface area (Å²) in [6.45, 7) is 5.28. The highest BCUT2D eigenvalue weighted by Crippen LogP contribution is 2.46. The van der Waals surface area contributed by atoms with Crippen molar-refractivity contribution in [2.24, 2.45) is 5.92 Å². The highest BCUT2D eigenvalue weighted by Gasteiger charge is 2.49. The van der Waals surface area contributed by atoms with Gasteiger partial charge in [0.25, 0.3) is 0 Å². The molecule has 0 spiro atoms. The Hall–Kier alpha value is -1.39. The summed E-state index contributed by atoms with van der Waals surface area (Å²) in [6.07, 6.45) is -1.83. The van der Waals surface area contributed by atoms with Crippen LogP contribution in [0.25, 0.3) is 0 Å². The number of halogens is 3. The zero-order valence-corrected chi connectivity index (χ0v) is 14.6. The lowest BCUT2D eigenvalue weighted by Gasteiger charge is -2.36. The molecular formula is C18H27F3O2. The Bertz CT molecular complexity index is 473. The molecule has 0 aliphatic carbocycles. The van der Waals surface area contributed by atoms with Crippen LogP contribution in [0.3, 0.4) is 0 Å². The van der Waals surface area contributed by atoms with Crippen molar-refractivity contribution in [3.63, 3.8) is 0 Å². The van der Waals surface area contributed by atoms with Crippen LogP contribution in [0.4, 0.5) is 13.2 Å². The van der Waals surface area contributed by atoms with E-state index >= 15 is 0 Å². The Morgan fingerprint density at radius 2 is 1.48 bits per heavy atom. The van der Waals surface area contributed by atoms with Crippen LogP contribution in [0, 0.1) is 5.92 Å². The van der Waals surface area contributed by atoms with Crippen LogP contribution in [0.1, 0.15) is 52.0 Å². The first kappa shape index (κ1) is 19.7. The van der Waals surface area contributed by atoms with Crippen molar-refractivity contribution in [1.82, 2.24) is 0 Å². The Kier molecular flexibility index (Phi) is 6.78. The molecule has 5 heteroatoms. The maximum atomic E-state index is 13.6. The van der Waals surface area contributed by atoms with E-state index in [1.165, 1.54) is 14.2 Å². The summed E-state index contributed by atoms with van der Waals surface area (Å²) in [6, 6.07) is 5.00. The standard InChI is InChI=1S/C18H27F3O2/c1-6-7-8-9-16(18(19,20)21)17(2,3)13-10-14(22-4)12-15(11-13)23-5/h10-12,16H,6-9H2,1-5H3. The maximum Gasteiger partial charge on any atom is 0.392 e. The summed E-state index contributed by atoms with van der Waals surface area (Å²) >= 11 is 0. The third kappa shape index (κ3) is 5.05. The molecule has 23 heavy (non-hydrogen) atoms. The van der Waals surface area contributed by atoms with Gasteiger partial charge in [-0.25, -0.2) is 0 Å². The first-order valence-corrected chi connectivity index (χ1v) is 7.97. The SMILES string of the molecule is CCCCCC(C(F)(F)F)C(C)(C)c1cc(OC)cc(OC)c1. The Morgan fingerprint density at radius 3 is 1.87 bits per heavy atom. The normalized spacial score (nSPS) is 13.7. The fourth-order valence-corrected chi connectivity index (χ4v) is 2.91. The molecule has 0 amide bonds. The van der Waals surface area contributed by atoms with Gasteiger partial charge in [-0.1, -0.05) is 40.0 Å². The summed E-state index contributed by atoms with van der Waals surface area (Å²) in [5.41, 5.74) is -0.485. The van der Waals surface area contributed by atoms with E-state index in [4.69, 9.17) is 9.47 Å². The summed E-state index contributed by atoms with van der Waals surface area (Å²) in [5.74, 6) is -0.401. The Morgan fingerprint density at radius 1 is 0.957 bits per heavy atom. The van der Waals surface area contributed by atoms with Crippen molar-refractivity contribution in [1.29, 1.82) is 0 Å². The lowest BCUT2D eigenvalue weighted by Crippen LogP contribution is -2.39. The molecule has 1 atom stereocenters. The van der Waals surface area contributed by atoms with Gasteiger partial charge in [0.05, 0.1) is 20.1 Å². The quantitative estimate of drug-likeness (QED) is 0.565. The van der Waals surface area contributed by atoms with Crippen molar-refractivity contribution in [3.8, 4) is 11.5 Å². The van der Waals surface area contributed by atoms with E-state index in [-0.39, 0.29) is 6.42 Å². The summed E-state index contributed by atoms with van der Waals surface area (Å²) in [5, 5.41) is 0. The van der Waals surface area contributed by atoms with Crippen LogP contribution >= 0.6 is 0 Å². The fourth-order valence-electron chi connectivity index (χ4n) is 2.91. The van der Waals surface area contributed by atoms with Crippen molar-refractivity contribution in [2.75, 3.05) is 14.2 Å². The zero-order chi connectivity index (χ0) is 17.7.